The van der Waals surface area contributed by atoms with Gasteiger partial charge in [0.05, 0.1) is 28.4 Å². The van der Waals surface area contributed by atoms with Gasteiger partial charge in [-0.05, 0) is 87.2 Å². The van der Waals surface area contributed by atoms with Crippen molar-refractivity contribution in [2.45, 2.75) is 65.3 Å². The van der Waals surface area contributed by atoms with Crippen LogP contribution in [0, 0.1) is 5.82 Å². The van der Waals surface area contributed by atoms with Gasteiger partial charge in [-0.25, -0.2) is 8.78 Å². The smallest absolute Gasteiger partial charge is 0.398 e. The van der Waals surface area contributed by atoms with Crippen molar-refractivity contribution in [3.05, 3.63) is 39.8 Å². The van der Waals surface area contributed by atoms with Crippen molar-refractivity contribution in [2.24, 2.45) is 0 Å². The lowest BCUT2D eigenvalue weighted by molar-refractivity contribution is 0.00578. The topological polar surface area (TPSA) is 27.7 Å². The normalized spacial score (nSPS) is 19.8. The molecule has 1 heterocycles. The second kappa shape index (κ2) is 8.09. The van der Waals surface area contributed by atoms with Crippen LogP contribution < -0.4 is 0 Å². The third-order valence-corrected chi connectivity index (χ3v) is 5.43. The van der Waals surface area contributed by atoms with E-state index < -0.39 is 29.9 Å². The van der Waals surface area contributed by atoms with E-state index in [1.165, 1.54) is 6.07 Å². The van der Waals surface area contributed by atoms with Crippen LogP contribution in [0.25, 0.3) is 5.57 Å². The first-order chi connectivity index (χ1) is 11.9. The molecule has 2 rings (SSSR count). The van der Waals surface area contributed by atoms with E-state index in [9.17, 15) is 4.39 Å². The quantitative estimate of drug-likeness (QED) is 0.540. The van der Waals surface area contributed by atoms with Crippen molar-refractivity contribution in [1.82, 2.24) is 0 Å². The minimum absolute atomic E-state index is 0.0381. The maximum atomic E-state index is 15.4. The van der Waals surface area contributed by atoms with Gasteiger partial charge in [0.15, 0.2) is 0 Å². The molecule has 0 amide bonds. The van der Waals surface area contributed by atoms with Crippen LogP contribution in [0.15, 0.2) is 28.4 Å². The summed E-state index contributed by atoms with van der Waals surface area (Å²) in [5.41, 5.74) is -0.826. The van der Waals surface area contributed by atoms with E-state index >= 15 is 4.39 Å². The van der Waals surface area contributed by atoms with Crippen LogP contribution in [-0.4, -0.2) is 31.0 Å². The van der Waals surface area contributed by atoms with Gasteiger partial charge >= 0.3 is 7.12 Å². The highest BCUT2D eigenvalue weighted by atomic mass is 79.9. The van der Waals surface area contributed by atoms with E-state index in [0.717, 1.165) is 0 Å². The molecular weight excluding hydrogens is 405 g/mol. The van der Waals surface area contributed by atoms with Gasteiger partial charge in [-0.15, -0.1) is 0 Å². The second-order valence-corrected chi connectivity index (χ2v) is 8.57. The molecule has 7 heteroatoms. The van der Waals surface area contributed by atoms with Crippen LogP contribution in [-0.2, 0) is 14.0 Å². The van der Waals surface area contributed by atoms with Gasteiger partial charge < -0.3 is 14.0 Å². The van der Waals surface area contributed by atoms with Crippen molar-refractivity contribution in [3.8, 4) is 0 Å². The maximum Gasteiger partial charge on any atom is 0.525 e. The Bertz CT molecular complexity index is 673. The molecule has 1 fully saturated rings. The average molecular weight is 431 g/mol. The monoisotopic (exact) mass is 430 g/mol. The second-order valence-electron chi connectivity index (χ2n) is 7.71. The number of rotatable bonds is 6. The zero-order valence-corrected chi connectivity index (χ0v) is 17.7. The van der Waals surface area contributed by atoms with Gasteiger partial charge in [0, 0.05) is 0 Å². The Morgan fingerprint density at radius 1 is 1.19 bits per heavy atom. The molecule has 1 aromatic rings. The van der Waals surface area contributed by atoms with Crippen molar-refractivity contribution >= 4 is 28.6 Å². The van der Waals surface area contributed by atoms with Crippen LogP contribution >= 0.6 is 15.9 Å². The number of benzene rings is 1. The molecule has 1 aliphatic heterocycles. The molecule has 0 aliphatic carbocycles. The zero-order chi connectivity index (χ0) is 19.7. The molecule has 1 saturated heterocycles. The average Bonchev–Trinajstić information content (AvgIpc) is 2.74. The molecule has 0 atom stereocenters. The number of hydrogen-bond donors (Lipinski definition) is 0. The summed E-state index contributed by atoms with van der Waals surface area (Å²) in [5, 5.41) is 0. The molecular formula is C19H26BBrF2O3. The first-order valence-electron chi connectivity index (χ1n) is 8.76. The number of halogens is 3. The van der Waals surface area contributed by atoms with Gasteiger partial charge in [0.1, 0.15) is 11.5 Å². The number of ether oxygens (including phenoxy) is 1. The molecule has 3 nitrogen and oxygen atoms in total. The largest absolute Gasteiger partial charge is 0.525 e. The Kier molecular flexibility index (Phi) is 6.70. The molecule has 0 saturated carbocycles. The van der Waals surface area contributed by atoms with Crippen molar-refractivity contribution in [3.63, 3.8) is 0 Å². The lowest BCUT2D eigenvalue weighted by Gasteiger charge is -2.32. The number of hydrogen-bond acceptors (Lipinski definition) is 3. The highest BCUT2D eigenvalue weighted by molar-refractivity contribution is 9.10. The molecule has 0 radical (unpaired) electrons. The predicted molar refractivity (Wildman–Crippen MR) is 104 cm³/mol. The lowest BCUT2D eigenvalue weighted by Crippen LogP contribution is -2.41. The van der Waals surface area contributed by atoms with Gasteiger partial charge in [-0.1, -0.05) is 6.07 Å². The van der Waals surface area contributed by atoms with E-state index in [4.69, 9.17) is 14.0 Å². The Morgan fingerprint density at radius 3 is 2.27 bits per heavy atom. The van der Waals surface area contributed by atoms with E-state index in [-0.39, 0.29) is 10.6 Å². The molecule has 26 heavy (non-hydrogen) atoms. The summed E-state index contributed by atoms with van der Waals surface area (Å²) in [7, 11) is -1.10. The summed E-state index contributed by atoms with van der Waals surface area (Å²) in [6, 6.07) is 4.42. The fraction of sp³-hybridized carbons (Fsp3) is 0.579. The van der Waals surface area contributed by atoms with Crippen LogP contribution in [0.1, 0.15) is 53.5 Å². The maximum absolute atomic E-state index is 15.4. The highest BCUT2D eigenvalue weighted by Gasteiger charge is 2.53. The third-order valence-electron chi connectivity index (χ3n) is 4.82. The Morgan fingerprint density at radius 2 is 1.77 bits per heavy atom. The van der Waals surface area contributed by atoms with E-state index in [0.29, 0.717) is 24.2 Å². The predicted octanol–water partition coefficient (Wildman–Crippen LogP) is 5.72. The molecule has 0 N–H and O–H groups in total. The standard InChI is InChI=1S/C19H26BBrF2O3/c1-12(2)24-10-9-14(13-7-8-16(22)15(21)11-13)17(23)20-25-18(3,4)19(5,6)26-20/h7-8,11-12H,9-10H2,1-6H3. The summed E-state index contributed by atoms with van der Waals surface area (Å²) in [6.45, 7) is 11.7. The Balaban J connectivity index is 2.38. The molecule has 0 aromatic heterocycles. The lowest BCUT2D eigenvalue weighted by atomic mass is 9.82. The van der Waals surface area contributed by atoms with Crippen LogP contribution in [0.5, 0.6) is 0 Å². The third kappa shape index (κ3) is 4.74. The fourth-order valence-electron chi connectivity index (χ4n) is 2.57. The van der Waals surface area contributed by atoms with E-state index in [2.05, 4.69) is 15.9 Å². The minimum Gasteiger partial charge on any atom is -0.398 e. The van der Waals surface area contributed by atoms with Crippen molar-refractivity contribution in [2.75, 3.05) is 6.61 Å². The van der Waals surface area contributed by atoms with Gasteiger partial charge in [0.2, 0.25) is 0 Å². The molecule has 0 unspecified atom stereocenters. The fourth-order valence-corrected chi connectivity index (χ4v) is 2.95. The molecule has 1 aliphatic rings. The van der Waals surface area contributed by atoms with E-state index in [1.807, 2.05) is 41.5 Å². The van der Waals surface area contributed by atoms with Gasteiger partial charge in [0.25, 0.3) is 0 Å². The Labute approximate surface area is 163 Å². The summed E-state index contributed by atoms with van der Waals surface area (Å²) >= 11 is 3.16. The summed E-state index contributed by atoms with van der Waals surface area (Å²) in [4.78, 5) is 0. The van der Waals surface area contributed by atoms with Crippen LogP contribution in [0.4, 0.5) is 8.78 Å². The van der Waals surface area contributed by atoms with Crippen molar-refractivity contribution in [1.29, 1.82) is 0 Å². The Hall–Kier alpha value is -0.755. The summed E-state index contributed by atoms with van der Waals surface area (Å²) in [5.74, 6) is -0.400. The highest BCUT2D eigenvalue weighted by Crippen LogP contribution is 2.41. The van der Waals surface area contributed by atoms with E-state index in [1.54, 1.807) is 12.1 Å². The molecule has 144 valence electrons. The van der Waals surface area contributed by atoms with Crippen LogP contribution in [0.2, 0.25) is 0 Å². The molecule has 1 aromatic carbocycles. The molecule has 0 spiro atoms. The zero-order valence-electron chi connectivity index (χ0n) is 16.2. The first kappa shape index (κ1) is 21.5. The van der Waals surface area contributed by atoms with Gasteiger partial charge in [-0.3, -0.25) is 0 Å². The SMILES string of the molecule is CC(C)OCCC(=C(F)B1OC(C)(C)C(C)(C)O1)c1ccc(F)c(Br)c1. The summed E-state index contributed by atoms with van der Waals surface area (Å²) in [6.07, 6.45) is 0.364. The first-order valence-corrected chi connectivity index (χ1v) is 9.55. The minimum atomic E-state index is -1.10. The van der Waals surface area contributed by atoms with Crippen molar-refractivity contribution < 1.29 is 22.8 Å². The summed E-state index contributed by atoms with van der Waals surface area (Å²) < 4.78 is 46.5. The van der Waals surface area contributed by atoms with Crippen LogP contribution in [0.3, 0.4) is 0 Å². The molecule has 0 bridgehead atoms. The van der Waals surface area contributed by atoms with Gasteiger partial charge in [-0.2, -0.15) is 0 Å².